The largest absolute Gasteiger partial charge is 0.384 e. The van der Waals surface area contributed by atoms with E-state index in [4.69, 9.17) is 0 Å². The van der Waals surface area contributed by atoms with E-state index in [1.54, 1.807) is 12.1 Å². The van der Waals surface area contributed by atoms with Crippen molar-refractivity contribution in [3.05, 3.63) is 30.1 Å². The first-order chi connectivity index (χ1) is 9.45. The van der Waals surface area contributed by atoms with Gasteiger partial charge >= 0.3 is 0 Å². The smallest absolute Gasteiger partial charge is 0.123 e. The lowest BCUT2D eigenvalue weighted by atomic mass is 10.1. The van der Waals surface area contributed by atoms with Crippen LogP contribution in [-0.2, 0) is 0 Å². The minimum Gasteiger partial charge on any atom is -0.384 e. The lowest BCUT2D eigenvalue weighted by molar-refractivity contribution is 0.0642. The first-order valence-corrected chi connectivity index (χ1v) is 7.42. The van der Waals surface area contributed by atoms with Gasteiger partial charge < -0.3 is 5.32 Å². The number of anilines is 1. The molecule has 1 aliphatic heterocycles. The molecule has 20 heavy (non-hydrogen) atoms. The molecule has 4 heteroatoms. The van der Waals surface area contributed by atoms with Crippen molar-refractivity contribution in [1.29, 1.82) is 0 Å². The first-order valence-electron chi connectivity index (χ1n) is 7.42. The number of halogens is 1. The molecule has 1 aromatic carbocycles. The Hall–Kier alpha value is -1.13. The molecule has 1 saturated heterocycles. The summed E-state index contributed by atoms with van der Waals surface area (Å²) in [6, 6.07) is 6.55. The van der Waals surface area contributed by atoms with E-state index in [0.29, 0.717) is 0 Å². The summed E-state index contributed by atoms with van der Waals surface area (Å²) in [4.78, 5) is 5.02. The van der Waals surface area contributed by atoms with E-state index >= 15 is 0 Å². The van der Waals surface area contributed by atoms with Crippen LogP contribution in [0, 0.1) is 5.82 Å². The molecule has 1 fully saturated rings. The van der Waals surface area contributed by atoms with Crippen molar-refractivity contribution in [2.75, 3.05) is 44.6 Å². The van der Waals surface area contributed by atoms with E-state index in [0.717, 1.165) is 45.0 Å². The minimum absolute atomic E-state index is 0.186. The van der Waals surface area contributed by atoms with Crippen LogP contribution in [0.4, 0.5) is 10.1 Å². The molecule has 0 bridgehead atoms. The van der Waals surface area contributed by atoms with Crippen molar-refractivity contribution >= 4 is 5.69 Å². The fourth-order valence-corrected chi connectivity index (χ4v) is 2.57. The second kappa shape index (κ2) is 6.55. The highest BCUT2D eigenvalue weighted by molar-refractivity contribution is 5.42. The standard InChI is InChI=1S/C16H26FN3/c1-16(2,3)20-12-10-19(11-13-20)9-8-18-15-6-4-14(17)5-7-15/h4-7,18H,8-13H2,1-3H3. The van der Waals surface area contributed by atoms with Crippen molar-refractivity contribution in [1.82, 2.24) is 9.80 Å². The van der Waals surface area contributed by atoms with Gasteiger partial charge in [-0.3, -0.25) is 9.80 Å². The Kier molecular flexibility index (Phi) is 5.00. The third kappa shape index (κ3) is 4.46. The summed E-state index contributed by atoms with van der Waals surface area (Å²) >= 11 is 0. The van der Waals surface area contributed by atoms with Crippen LogP contribution < -0.4 is 5.32 Å². The number of rotatable bonds is 4. The Morgan fingerprint density at radius 3 is 2.20 bits per heavy atom. The Morgan fingerprint density at radius 2 is 1.65 bits per heavy atom. The monoisotopic (exact) mass is 279 g/mol. The summed E-state index contributed by atoms with van der Waals surface area (Å²) in [5.74, 6) is -0.186. The van der Waals surface area contributed by atoms with E-state index in [1.165, 1.54) is 12.1 Å². The van der Waals surface area contributed by atoms with E-state index in [1.807, 2.05) is 0 Å². The van der Waals surface area contributed by atoms with Crippen LogP contribution in [0.3, 0.4) is 0 Å². The van der Waals surface area contributed by atoms with Gasteiger partial charge in [0.25, 0.3) is 0 Å². The van der Waals surface area contributed by atoms with Crippen molar-refractivity contribution in [2.45, 2.75) is 26.3 Å². The van der Waals surface area contributed by atoms with Gasteiger partial charge in [-0.2, -0.15) is 0 Å². The van der Waals surface area contributed by atoms with E-state index < -0.39 is 0 Å². The minimum atomic E-state index is -0.186. The summed E-state index contributed by atoms with van der Waals surface area (Å²) in [6.07, 6.45) is 0. The lowest BCUT2D eigenvalue weighted by Crippen LogP contribution is -2.53. The van der Waals surface area contributed by atoms with Gasteiger partial charge in [0.05, 0.1) is 0 Å². The summed E-state index contributed by atoms with van der Waals surface area (Å²) in [7, 11) is 0. The lowest BCUT2D eigenvalue weighted by Gasteiger charge is -2.42. The zero-order valence-corrected chi connectivity index (χ0v) is 12.8. The van der Waals surface area contributed by atoms with Gasteiger partial charge in [0.1, 0.15) is 5.82 Å². The Bertz CT molecular complexity index is 403. The summed E-state index contributed by atoms with van der Waals surface area (Å²) in [5, 5.41) is 3.34. The molecule has 0 atom stereocenters. The maximum absolute atomic E-state index is 12.8. The quantitative estimate of drug-likeness (QED) is 0.914. The van der Waals surface area contributed by atoms with Gasteiger partial charge in [-0.1, -0.05) is 0 Å². The molecule has 1 aromatic rings. The molecule has 0 unspecified atom stereocenters. The number of benzene rings is 1. The molecule has 1 aliphatic rings. The topological polar surface area (TPSA) is 18.5 Å². The predicted molar refractivity (Wildman–Crippen MR) is 82.7 cm³/mol. The summed E-state index contributed by atoms with van der Waals surface area (Å²) in [6.45, 7) is 13.3. The normalized spacial score (nSPS) is 18.2. The third-order valence-electron chi connectivity index (χ3n) is 3.92. The Labute approximate surface area is 121 Å². The zero-order valence-electron chi connectivity index (χ0n) is 12.8. The van der Waals surface area contributed by atoms with E-state index in [-0.39, 0.29) is 11.4 Å². The highest BCUT2D eigenvalue weighted by atomic mass is 19.1. The second-order valence-electron chi connectivity index (χ2n) is 6.43. The van der Waals surface area contributed by atoms with Crippen molar-refractivity contribution in [3.8, 4) is 0 Å². The van der Waals surface area contributed by atoms with Crippen LogP contribution in [0.1, 0.15) is 20.8 Å². The summed E-state index contributed by atoms with van der Waals surface area (Å²) < 4.78 is 12.8. The molecule has 0 spiro atoms. The molecule has 0 saturated carbocycles. The molecular formula is C16H26FN3. The van der Waals surface area contributed by atoms with E-state index in [2.05, 4.69) is 35.9 Å². The molecule has 1 N–H and O–H groups in total. The fourth-order valence-electron chi connectivity index (χ4n) is 2.57. The van der Waals surface area contributed by atoms with Crippen LogP contribution in [0.5, 0.6) is 0 Å². The van der Waals surface area contributed by atoms with Gasteiger partial charge in [0.15, 0.2) is 0 Å². The fraction of sp³-hybridized carbons (Fsp3) is 0.625. The third-order valence-corrected chi connectivity index (χ3v) is 3.92. The predicted octanol–water partition coefficient (Wildman–Crippen LogP) is 2.65. The van der Waals surface area contributed by atoms with Crippen LogP contribution in [0.2, 0.25) is 0 Å². The van der Waals surface area contributed by atoms with E-state index in [9.17, 15) is 4.39 Å². The SMILES string of the molecule is CC(C)(C)N1CCN(CCNc2ccc(F)cc2)CC1. The number of hydrogen-bond donors (Lipinski definition) is 1. The summed E-state index contributed by atoms with van der Waals surface area (Å²) in [5.41, 5.74) is 1.26. The molecular weight excluding hydrogens is 253 g/mol. The van der Waals surface area contributed by atoms with Crippen LogP contribution in [-0.4, -0.2) is 54.6 Å². The van der Waals surface area contributed by atoms with Gasteiger partial charge in [-0.25, -0.2) is 4.39 Å². The maximum Gasteiger partial charge on any atom is 0.123 e. The number of piperazine rings is 1. The molecule has 0 amide bonds. The molecule has 3 nitrogen and oxygen atoms in total. The molecule has 112 valence electrons. The average Bonchev–Trinajstić information content (AvgIpc) is 2.41. The van der Waals surface area contributed by atoms with Crippen LogP contribution >= 0.6 is 0 Å². The van der Waals surface area contributed by atoms with Crippen molar-refractivity contribution in [2.24, 2.45) is 0 Å². The maximum atomic E-state index is 12.8. The van der Waals surface area contributed by atoms with Crippen LogP contribution in [0.25, 0.3) is 0 Å². The molecule has 0 aliphatic carbocycles. The highest BCUT2D eigenvalue weighted by Gasteiger charge is 2.25. The number of hydrogen-bond acceptors (Lipinski definition) is 3. The molecule has 0 aromatic heterocycles. The van der Waals surface area contributed by atoms with Crippen molar-refractivity contribution < 1.29 is 4.39 Å². The number of nitrogens with one attached hydrogen (secondary N) is 1. The first kappa shape index (κ1) is 15.3. The molecule has 1 heterocycles. The van der Waals surface area contributed by atoms with Crippen molar-refractivity contribution in [3.63, 3.8) is 0 Å². The highest BCUT2D eigenvalue weighted by Crippen LogP contribution is 2.15. The second-order valence-corrected chi connectivity index (χ2v) is 6.43. The average molecular weight is 279 g/mol. The van der Waals surface area contributed by atoms with Gasteiger partial charge in [-0.05, 0) is 45.0 Å². The van der Waals surface area contributed by atoms with Crippen LogP contribution in [0.15, 0.2) is 24.3 Å². The molecule has 0 radical (unpaired) electrons. The number of nitrogens with zero attached hydrogens (tertiary/aromatic N) is 2. The molecule has 2 rings (SSSR count). The Balaban J connectivity index is 1.67. The Morgan fingerprint density at radius 1 is 1.05 bits per heavy atom. The van der Waals surface area contributed by atoms with Gasteiger partial charge in [0, 0.05) is 50.5 Å². The van der Waals surface area contributed by atoms with Gasteiger partial charge in [-0.15, -0.1) is 0 Å². The zero-order chi connectivity index (χ0) is 14.6. The van der Waals surface area contributed by atoms with Gasteiger partial charge in [0.2, 0.25) is 0 Å².